The Morgan fingerprint density at radius 3 is 2.92 bits per heavy atom. The number of rotatable bonds is 8. The molecule has 1 saturated heterocycles. The van der Waals surface area contributed by atoms with Gasteiger partial charge in [-0.3, -0.25) is 4.99 Å². The maximum Gasteiger partial charge on any atom is 0.193 e. The molecule has 0 spiro atoms. The van der Waals surface area contributed by atoms with Crippen molar-refractivity contribution in [2.24, 2.45) is 10.9 Å². The van der Waals surface area contributed by atoms with Crippen molar-refractivity contribution in [3.63, 3.8) is 0 Å². The Morgan fingerprint density at radius 1 is 1.42 bits per heavy atom. The van der Waals surface area contributed by atoms with Gasteiger partial charge in [0.2, 0.25) is 0 Å². The fraction of sp³-hybridized carbons (Fsp3) is 0.611. The zero-order valence-electron chi connectivity index (χ0n) is 14.6. The van der Waals surface area contributed by atoms with Gasteiger partial charge in [-0.2, -0.15) is 0 Å². The third-order valence-electron chi connectivity index (χ3n) is 3.97. The van der Waals surface area contributed by atoms with E-state index in [1.807, 2.05) is 12.1 Å². The molecule has 1 aromatic carbocycles. The second-order valence-corrected chi connectivity index (χ2v) is 7.12. The molecule has 1 fully saturated rings. The Labute approximate surface area is 148 Å². The van der Waals surface area contributed by atoms with E-state index >= 15 is 0 Å². The highest BCUT2D eigenvalue weighted by Crippen LogP contribution is 2.19. The fourth-order valence-corrected chi connectivity index (χ4v) is 3.63. The van der Waals surface area contributed by atoms with Crippen LogP contribution in [-0.2, 0) is 4.74 Å². The molecule has 1 atom stereocenters. The molecule has 1 heterocycles. The maximum atomic E-state index is 12.9. The minimum atomic E-state index is -0.184. The Bertz CT molecular complexity index is 509. The summed E-state index contributed by atoms with van der Waals surface area (Å²) >= 11 is 1.75. The van der Waals surface area contributed by atoms with Crippen molar-refractivity contribution in [3.05, 3.63) is 30.1 Å². The van der Waals surface area contributed by atoms with Gasteiger partial charge in [0.05, 0.1) is 6.61 Å². The summed E-state index contributed by atoms with van der Waals surface area (Å²) in [5.74, 6) is 2.42. The van der Waals surface area contributed by atoms with Gasteiger partial charge in [0.15, 0.2) is 5.96 Å². The zero-order chi connectivity index (χ0) is 17.2. The second kappa shape index (κ2) is 10.6. The summed E-state index contributed by atoms with van der Waals surface area (Å²) < 4.78 is 18.1. The number of likely N-dealkylation sites (tertiary alicyclic amines) is 1. The molecule has 1 aliphatic heterocycles. The summed E-state index contributed by atoms with van der Waals surface area (Å²) in [6.45, 7) is 6.68. The lowest BCUT2D eigenvalue weighted by Crippen LogP contribution is -2.40. The molecule has 0 amide bonds. The molecule has 6 heteroatoms. The van der Waals surface area contributed by atoms with Crippen LogP contribution in [0.3, 0.4) is 0 Å². The van der Waals surface area contributed by atoms with Crippen molar-refractivity contribution < 1.29 is 9.13 Å². The Morgan fingerprint density at radius 2 is 2.21 bits per heavy atom. The Balaban J connectivity index is 1.73. The normalized spacial score (nSPS) is 18.2. The lowest BCUT2D eigenvalue weighted by Gasteiger charge is -2.21. The molecule has 0 saturated carbocycles. The first-order valence-electron chi connectivity index (χ1n) is 8.63. The Kier molecular flexibility index (Phi) is 8.39. The molecule has 0 aliphatic carbocycles. The first-order chi connectivity index (χ1) is 11.7. The van der Waals surface area contributed by atoms with Crippen LogP contribution in [0.4, 0.5) is 4.39 Å². The largest absolute Gasteiger partial charge is 0.384 e. The van der Waals surface area contributed by atoms with Gasteiger partial charge >= 0.3 is 0 Å². The van der Waals surface area contributed by atoms with Gasteiger partial charge in [0, 0.05) is 44.1 Å². The first-order valence-corrected chi connectivity index (χ1v) is 9.62. The lowest BCUT2D eigenvalue weighted by atomic mass is 10.1. The zero-order valence-corrected chi connectivity index (χ0v) is 15.4. The van der Waals surface area contributed by atoms with Gasteiger partial charge in [-0.1, -0.05) is 0 Å². The van der Waals surface area contributed by atoms with Crippen LogP contribution in [0.25, 0.3) is 0 Å². The minimum absolute atomic E-state index is 0.184. The van der Waals surface area contributed by atoms with Crippen LogP contribution < -0.4 is 5.32 Å². The number of halogens is 1. The lowest BCUT2D eigenvalue weighted by molar-refractivity contribution is 0.157. The summed E-state index contributed by atoms with van der Waals surface area (Å²) in [7, 11) is 1.76. The van der Waals surface area contributed by atoms with Crippen molar-refractivity contribution in [1.29, 1.82) is 0 Å². The molecule has 24 heavy (non-hydrogen) atoms. The van der Waals surface area contributed by atoms with Crippen molar-refractivity contribution in [3.8, 4) is 0 Å². The van der Waals surface area contributed by atoms with E-state index in [9.17, 15) is 4.39 Å². The smallest absolute Gasteiger partial charge is 0.193 e. The monoisotopic (exact) mass is 353 g/mol. The molecule has 4 nitrogen and oxygen atoms in total. The highest BCUT2D eigenvalue weighted by atomic mass is 32.2. The van der Waals surface area contributed by atoms with Gasteiger partial charge in [-0.25, -0.2) is 4.39 Å². The number of aliphatic imine (C=N–C) groups is 1. The topological polar surface area (TPSA) is 36.9 Å². The first kappa shape index (κ1) is 19.1. The van der Waals surface area contributed by atoms with Crippen molar-refractivity contribution in [2.45, 2.75) is 24.7 Å². The molecular formula is C18H28FN3OS. The number of nitrogens with one attached hydrogen (secondary N) is 1. The molecule has 134 valence electrons. The van der Waals surface area contributed by atoms with Crippen molar-refractivity contribution >= 4 is 17.7 Å². The van der Waals surface area contributed by atoms with Crippen LogP contribution in [0, 0.1) is 11.7 Å². The van der Waals surface area contributed by atoms with E-state index in [1.165, 1.54) is 18.6 Å². The number of nitrogens with zero attached hydrogens (tertiary/aromatic N) is 2. The SMILES string of the molecule is CCNC(=NCCCSc1ccc(F)cc1)N1CCC(COC)C1. The average molecular weight is 354 g/mol. The van der Waals surface area contributed by atoms with E-state index in [-0.39, 0.29) is 5.82 Å². The number of ether oxygens (including phenoxy) is 1. The van der Waals surface area contributed by atoms with Gasteiger partial charge < -0.3 is 15.0 Å². The summed E-state index contributed by atoms with van der Waals surface area (Å²) in [4.78, 5) is 8.19. The molecule has 1 aromatic rings. The summed E-state index contributed by atoms with van der Waals surface area (Å²) in [6.07, 6.45) is 2.17. The highest BCUT2D eigenvalue weighted by Gasteiger charge is 2.24. The predicted octanol–water partition coefficient (Wildman–Crippen LogP) is 3.24. The van der Waals surface area contributed by atoms with Gasteiger partial charge in [-0.15, -0.1) is 11.8 Å². The fourth-order valence-electron chi connectivity index (χ4n) is 2.79. The van der Waals surface area contributed by atoms with Crippen molar-refractivity contribution in [2.75, 3.05) is 45.6 Å². The number of guanidine groups is 1. The number of hydrogen-bond acceptors (Lipinski definition) is 3. The van der Waals surface area contributed by atoms with Crippen LogP contribution in [0.5, 0.6) is 0 Å². The molecule has 1 unspecified atom stereocenters. The maximum absolute atomic E-state index is 12.9. The number of thioether (sulfide) groups is 1. The summed E-state index contributed by atoms with van der Waals surface area (Å²) in [5.41, 5.74) is 0. The van der Waals surface area contributed by atoms with E-state index in [0.29, 0.717) is 5.92 Å². The molecule has 0 bridgehead atoms. The average Bonchev–Trinajstić information content (AvgIpc) is 3.04. The van der Waals surface area contributed by atoms with Crippen LogP contribution in [0.2, 0.25) is 0 Å². The molecule has 2 rings (SSSR count). The standard InChI is InChI=1S/C18H28FN3OS/c1-3-20-18(22-11-9-15(13-22)14-23-2)21-10-4-12-24-17-7-5-16(19)6-8-17/h5-8,15H,3-4,9-14H2,1-2H3,(H,20,21). The molecule has 0 radical (unpaired) electrons. The quantitative estimate of drug-likeness (QED) is 0.337. The number of methoxy groups -OCH3 is 1. The summed E-state index contributed by atoms with van der Waals surface area (Å²) in [6, 6.07) is 6.67. The van der Waals surface area contributed by atoms with E-state index in [2.05, 4.69) is 17.1 Å². The minimum Gasteiger partial charge on any atom is -0.384 e. The van der Waals surface area contributed by atoms with E-state index in [4.69, 9.17) is 9.73 Å². The summed E-state index contributed by atoms with van der Waals surface area (Å²) in [5, 5.41) is 3.39. The van der Waals surface area contributed by atoms with Crippen LogP contribution in [0.1, 0.15) is 19.8 Å². The van der Waals surface area contributed by atoms with Crippen LogP contribution in [0.15, 0.2) is 34.2 Å². The van der Waals surface area contributed by atoms with Crippen LogP contribution >= 0.6 is 11.8 Å². The van der Waals surface area contributed by atoms with Crippen molar-refractivity contribution in [1.82, 2.24) is 10.2 Å². The predicted molar refractivity (Wildman–Crippen MR) is 99.3 cm³/mol. The highest BCUT2D eigenvalue weighted by molar-refractivity contribution is 7.99. The second-order valence-electron chi connectivity index (χ2n) is 5.95. The third-order valence-corrected chi connectivity index (χ3v) is 5.07. The van der Waals surface area contributed by atoms with Gasteiger partial charge in [0.1, 0.15) is 5.82 Å². The van der Waals surface area contributed by atoms with Crippen LogP contribution in [-0.4, -0.2) is 56.5 Å². The number of benzene rings is 1. The van der Waals surface area contributed by atoms with Gasteiger partial charge in [-0.05, 0) is 49.8 Å². The molecule has 1 aliphatic rings. The molecule has 0 aromatic heterocycles. The molecular weight excluding hydrogens is 325 g/mol. The van der Waals surface area contributed by atoms with E-state index in [0.717, 1.165) is 55.8 Å². The van der Waals surface area contributed by atoms with E-state index < -0.39 is 0 Å². The molecule has 1 N–H and O–H groups in total. The van der Waals surface area contributed by atoms with E-state index in [1.54, 1.807) is 18.9 Å². The Hall–Kier alpha value is -1.27. The van der Waals surface area contributed by atoms with Gasteiger partial charge in [0.25, 0.3) is 0 Å². The number of hydrogen-bond donors (Lipinski definition) is 1. The third kappa shape index (κ3) is 6.32.